The van der Waals surface area contributed by atoms with Gasteiger partial charge in [0.1, 0.15) is 5.82 Å². The number of aromatic nitrogens is 3. The van der Waals surface area contributed by atoms with E-state index in [2.05, 4.69) is 15.4 Å². The zero-order valence-corrected chi connectivity index (χ0v) is 17.5. The molecule has 1 unspecified atom stereocenters. The Morgan fingerprint density at radius 1 is 1.27 bits per heavy atom. The van der Waals surface area contributed by atoms with Gasteiger partial charge in [0.05, 0.1) is 28.4 Å². The minimum Gasteiger partial charge on any atom is -0.324 e. The molecule has 8 nitrogen and oxygen atoms in total. The highest BCUT2D eigenvalue weighted by Crippen LogP contribution is 2.26. The summed E-state index contributed by atoms with van der Waals surface area (Å²) in [4.78, 5) is 17.2. The van der Waals surface area contributed by atoms with E-state index >= 15 is 0 Å². The number of nitrogens with zero attached hydrogens (tertiary/aromatic N) is 4. The Bertz CT molecular complexity index is 1210. The Labute approximate surface area is 173 Å². The predicted molar refractivity (Wildman–Crippen MR) is 110 cm³/mol. The molecule has 0 spiro atoms. The van der Waals surface area contributed by atoms with Gasteiger partial charge in [-0.3, -0.25) is 9.48 Å². The smallest absolute Gasteiger partial charge is 0.243 e. The topological polar surface area (TPSA) is 97.2 Å². The second kappa shape index (κ2) is 7.77. The molecule has 158 valence electrons. The molecule has 1 amide bonds. The summed E-state index contributed by atoms with van der Waals surface area (Å²) in [6.45, 7) is 2.27. The minimum absolute atomic E-state index is 0.0201. The highest BCUT2D eigenvalue weighted by molar-refractivity contribution is 7.89. The number of halogens is 1. The molecule has 1 fully saturated rings. The van der Waals surface area contributed by atoms with Crippen molar-refractivity contribution in [3.63, 3.8) is 0 Å². The van der Waals surface area contributed by atoms with Crippen LogP contribution in [0.25, 0.3) is 11.0 Å². The molecule has 1 aliphatic rings. The maximum Gasteiger partial charge on any atom is 0.243 e. The van der Waals surface area contributed by atoms with Crippen LogP contribution in [0.3, 0.4) is 0 Å². The Balaban J connectivity index is 1.49. The molecule has 0 radical (unpaired) electrons. The lowest BCUT2D eigenvalue weighted by molar-refractivity contribution is -0.120. The maximum atomic E-state index is 13.1. The molecular weight excluding hydrogens is 409 g/mol. The van der Waals surface area contributed by atoms with Crippen molar-refractivity contribution < 1.29 is 17.6 Å². The molecule has 0 aliphatic carbocycles. The second-order valence-electron chi connectivity index (χ2n) is 7.45. The lowest BCUT2D eigenvalue weighted by Gasteiger charge is -2.31. The molecule has 3 heterocycles. The number of carbonyl (C=O) groups excluding carboxylic acids is 1. The van der Waals surface area contributed by atoms with E-state index in [1.54, 1.807) is 17.9 Å². The summed E-state index contributed by atoms with van der Waals surface area (Å²) in [5.41, 5.74) is 2.08. The van der Waals surface area contributed by atoms with E-state index in [9.17, 15) is 17.6 Å². The van der Waals surface area contributed by atoms with Gasteiger partial charge in [-0.1, -0.05) is 0 Å². The first kappa shape index (κ1) is 20.4. The van der Waals surface area contributed by atoms with E-state index < -0.39 is 21.8 Å². The van der Waals surface area contributed by atoms with Crippen LogP contribution in [0.5, 0.6) is 0 Å². The van der Waals surface area contributed by atoms with Crippen LogP contribution >= 0.6 is 0 Å². The number of amides is 1. The molecule has 3 aromatic rings. The minimum atomic E-state index is -3.79. The monoisotopic (exact) mass is 431 g/mol. The molecule has 1 saturated heterocycles. The van der Waals surface area contributed by atoms with Crippen LogP contribution < -0.4 is 5.32 Å². The lowest BCUT2D eigenvalue weighted by atomic mass is 9.99. The van der Waals surface area contributed by atoms with E-state index in [4.69, 9.17) is 0 Å². The Kier molecular flexibility index (Phi) is 5.29. The van der Waals surface area contributed by atoms with Gasteiger partial charge in [-0.2, -0.15) is 9.40 Å². The first-order chi connectivity index (χ1) is 14.3. The summed E-state index contributed by atoms with van der Waals surface area (Å²) < 4.78 is 41.8. The van der Waals surface area contributed by atoms with E-state index in [1.165, 1.54) is 16.4 Å². The van der Waals surface area contributed by atoms with Gasteiger partial charge < -0.3 is 5.32 Å². The molecule has 1 aliphatic heterocycles. The Morgan fingerprint density at radius 2 is 2.00 bits per heavy atom. The molecule has 1 aromatic carbocycles. The van der Waals surface area contributed by atoms with Gasteiger partial charge in [0.15, 0.2) is 5.65 Å². The van der Waals surface area contributed by atoms with Crippen LogP contribution in [-0.4, -0.2) is 46.5 Å². The van der Waals surface area contributed by atoms with Gasteiger partial charge in [-0.15, -0.1) is 0 Å². The van der Waals surface area contributed by atoms with Gasteiger partial charge >= 0.3 is 0 Å². The van der Waals surface area contributed by atoms with Crippen LogP contribution in [-0.2, 0) is 21.9 Å². The van der Waals surface area contributed by atoms with Crippen LogP contribution in [0, 0.1) is 18.7 Å². The fourth-order valence-electron chi connectivity index (χ4n) is 3.75. The number of piperidine rings is 1. The zero-order valence-electron chi connectivity index (χ0n) is 16.7. The summed E-state index contributed by atoms with van der Waals surface area (Å²) in [5, 5.41) is 8.01. The fourth-order valence-corrected chi connectivity index (χ4v) is 5.27. The van der Waals surface area contributed by atoms with Gasteiger partial charge in [0.2, 0.25) is 15.9 Å². The lowest BCUT2D eigenvalue weighted by Crippen LogP contribution is -2.43. The number of nitrogens with one attached hydrogen (secondary N) is 1. The van der Waals surface area contributed by atoms with Crippen molar-refractivity contribution in [3.8, 4) is 0 Å². The highest BCUT2D eigenvalue weighted by atomic mass is 32.2. The Morgan fingerprint density at radius 3 is 2.73 bits per heavy atom. The highest BCUT2D eigenvalue weighted by Gasteiger charge is 2.33. The number of fused-ring (bicyclic) bond motifs is 1. The number of anilines is 1. The summed E-state index contributed by atoms with van der Waals surface area (Å²) in [5.74, 6) is -1.24. The average Bonchev–Trinajstić information content (AvgIpc) is 3.01. The zero-order chi connectivity index (χ0) is 21.5. The van der Waals surface area contributed by atoms with Crippen molar-refractivity contribution in [2.45, 2.75) is 24.7 Å². The van der Waals surface area contributed by atoms with E-state index in [-0.39, 0.29) is 17.3 Å². The number of sulfonamides is 1. The van der Waals surface area contributed by atoms with Crippen molar-refractivity contribution in [3.05, 3.63) is 48.0 Å². The summed E-state index contributed by atoms with van der Waals surface area (Å²) >= 11 is 0. The third-order valence-corrected chi connectivity index (χ3v) is 7.22. The van der Waals surface area contributed by atoms with Crippen molar-refractivity contribution in [2.75, 3.05) is 18.4 Å². The number of aryl methyl sites for hydroxylation is 2. The summed E-state index contributed by atoms with van der Waals surface area (Å²) in [6.07, 6.45) is 2.72. The molecule has 10 heteroatoms. The Hall–Kier alpha value is -2.85. The number of hydrogen-bond acceptors (Lipinski definition) is 5. The third kappa shape index (κ3) is 3.80. The average molecular weight is 431 g/mol. The molecule has 0 saturated carbocycles. The van der Waals surface area contributed by atoms with Gasteiger partial charge in [0.25, 0.3) is 0 Å². The first-order valence-electron chi connectivity index (χ1n) is 9.61. The first-order valence-corrected chi connectivity index (χ1v) is 11.1. The van der Waals surface area contributed by atoms with Crippen molar-refractivity contribution in [1.82, 2.24) is 19.1 Å². The fraction of sp³-hybridized carbons (Fsp3) is 0.350. The van der Waals surface area contributed by atoms with E-state index in [1.807, 2.05) is 13.0 Å². The van der Waals surface area contributed by atoms with Crippen molar-refractivity contribution >= 4 is 32.7 Å². The van der Waals surface area contributed by atoms with Gasteiger partial charge in [-0.05, 0) is 50.1 Å². The normalized spacial score (nSPS) is 17.9. The van der Waals surface area contributed by atoms with Crippen LogP contribution in [0.15, 0.2) is 41.4 Å². The number of carbonyl (C=O) groups is 1. The number of pyridine rings is 1. The molecule has 30 heavy (non-hydrogen) atoms. The molecule has 1 N–H and O–H groups in total. The predicted octanol–water partition coefficient (Wildman–Crippen LogP) is 2.46. The van der Waals surface area contributed by atoms with Crippen LogP contribution in [0.2, 0.25) is 0 Å². The molecule has 4 rings (SSSR count). The van der Waals surface area contributed by atoms with Crippen molar-refractivity contribution in [1.29, 1.82) is 0 Å². The van der Waals surface area contributed by atoms with Gasteiger partial charge in [0, 0.05) is 25.5 Å². The maximum absolute atomic E-state index is 13.1. The quantitative estimate of drug-likeness (QED) is 0.684. The largest absolute Gasteiger partial charge is 0.324 e. The molecular formula is C20H22FN5O3S. The molecule has 1 atom stereocenters. The summed E-state index contributed by atoms with van der Waals surface area (Å²) in [6, 6.07) is 6.53. The van der Waals surface area contributed by atoms with E-state index in [0.29, 0.717) is 25.1 Å². The van der Waals surface area contributed by atoms with E-state index in [0.717, 1.165) is 28.9 Å². The van der Waals surface area contributed by atoms with Crippen LogP contribution in [0.4, 0.5) is 10.1 Å². The number of benzene rings is 1. The van der Waals surface area contributed by atoms with Crippen molar-refractivity contribution in [2.24, 2.45) is 13.0 Å². The van der Waals surface area contributed by atoms with Crippen LogP contribution in [0.1, 0.15) is 18.5 Å². The molecule has 0 bridgehead atoms. The number of hydrogen-bond donors (Lipinski definition) is 1. The standard InChI is InChI=1S/C20H22FN5O3S/c1-13-18-10-16(11-22-19(18)25(2)24-13)23-20(27)14-4-3-9-26(12-14)30(28,29)17-7-5-15(21)6-8-17/h5-8,10-11,14H,3-4,9,12H2,1-2H3,(H,23,27). The molecule has 2 aromatic heterocycles. The van der Waals surface area contributed by atoms with Gasteiger partial charge in [-0.25, -0.2) is 17.8 Å². The SMILES string of the molecule is Cc1nn(C)c2ncc(NC(=O)C3CCCN(S(=O)(=O)c4ccc(F)cc4)C3)cc12. The third-order valence-electron chi connectivity index (χ3n) is 5.34. The summed E-state index contributed by atoms with van der Waals surface area (Å²) in [7, 11) is -1.98. The number of rotatable bonds is 4. The second-order valence-corrected chi connectivity index (χ2v) is 9.39.